The molecule has 0 fully saturated rings. The Morgan fingerprint density at radius 3 is 1.53 bits per heavy atom. The Hall–Kier alpha value is -1.05. The topological polar surface area (TPSA) is 14.1 Å². The minimum Gasteiger partial charge on any atom is -0.657 e. The van der Waals surface area contributed by atoms with Crippen molar-refractivity contribution in [1.82, 2.24) is 4.98 Å². The van der Waals surface area contributed by atoms with Crippen LogP contribution in [0.25, 0.3) is 21.8 Å². The molecule has 3 aromatic rings. The molecule has 1 heterocycles. The number of hydrogen-bond acceptors (Lipinski definition) is 0. The van der Waals surface area contributed by atoms with Gasteiger partial charge in [-0.3, -0.25) is 0 Å². The number of fused-ring (bicyclic) bond motifs is 3. The first-order valence-electron chi connectivity index (χ1n) is 4.35. The molecule has 1 nitrogen and oxygen atoms in total. The van der Waals surface area contributed by atoms with Crippen LogP contribution < -0.4 is 4.98 Å². The Balaban J connectivity index is 0.000000562. The third-order valence-electron chi connectivity index (χ3n) is 2.34. The van der Waals surface area contributed by atoms with Crippen LogP contribution in [0.4, 0.5) is 0 Å². The van der Waals surface area contributed by atoms with Gasteiger partial charge in [0.15, 0.2) is 0 Å². The summed E-state index contributed by atoms with van der Waals surface area (Å²) in [6.45, 7) is 0. The maximum atomic E-state index is 4.52. The van der Waals surface area contributed by atoms with E-state index in [1.165, 1.54) is 10.8 Å². The number of para-hydroxylation sites is 2. The van der Waals surface area contributed by atoms with Crippen molar-refractivity contribution in [2.45, 2.75) is 0 Å². The molecule has 0 amide bonds. The number of benzene rings is 2. The summed E-state index contributed by atoms with van der Waals surface area (Å²) in [5.41, 5.74) is 2.17. The van der Waals surface area contributed by atoms with E-state index in [1.54, 1.807) is 0 Å². The zero-order chi connectivity index (χ0) is 8.67. The number of hydrogen-bond donors (Lipinski definition) is 0. The number of nitrogens with zero attached hydrogens (tertiary/aromatic N) is 1. The van der Waals surface area contributed by atoms with Crippen LogP contribution in [0, 0.1) is 7.43 Å². The van der Waals surface area contributed by atoms with Gasteiger partial charge in [-0.2, -0.15) is 0 Å². The molecular formula is C13H11NTi. The van der Waals surface area contributed by atoms with E-state index in [9.17, 15) is 0 Å². The van der Waals surface area contributed by atoms with Crippen LogP contribution in [0.3, 0.4) is 0 Å². The zero-order valence-electron chi connectivity index (χ0n) is 8.57. The summed E-state index contributed by atoms with van der Waals surface area (Å²) >= 11 is 0. The van der Waals surface area contributed by atoms with E-state index in [4.69, 9.17) is 0 Å². The minimum absolute atomic E-state index is 0. The molecule has 0 bridgehead atoms. The third kappa shape index (κ3) is 1.85. The molecule has 2 aromatic carbocycles. The molecule has 0 atom stereocenters. The van der Waals surface area contributed by atoms with Gasteiger partial charge in [-0.25, -0.2) is 0 Å². The van der Waals surface area contributed by atoms with Gasteiger partial charge >= 0.3 is 21.7 Å². The van der Waals surface area contributed by atoms with Crippen molar-refractivity contribution >= 4 is 21.8 Å². The summed E-state index contributed by atoms with van der Waals surface area (Å²) in [7, 11) is 0. The van der Waals surface area contributed by atoms with Crippen LogP contribution in [-0.2, 0) is 21.7 Å². The molecule has 0 saturated carbocycles. The maximum absolute atomic E-state index is 4.52. The third-order valence-corrected chi connectivity index (χ3v) is 2.34. The van der Waals surface area contributed by atoms with E-state index in [0.29, 0.717) is 0 Å². The molecule has 0 aliphatic heterocycles. The normalized spacial score (nSPS) is 9.60. The molecule has 0 aliphatic carbocycles. The summed E-state index contributed by atoms with van der Waals surface area (Å²) in [6.07, 6.45) is 0. The van der Waals surface area contributed by atoms with Gasteiger partial charge in [0.05, 0.1) is 0 Å². The van der Waals surface area contributed by atoms with Crippen molar-refractivity contribution in [1.29, 1.82) is 0 Å². The Labute approximate surface area is 104 Å². The van der Waals surface area contributed by atoms with Crippen molar-refractivity contribution in [2.24, 2.45) is 0 Å². The van der Waals surface area contributed by atoms with Gasteiger partial charge < -0.3 is 12.4 Å². The monoisotopic (exact) mass is 229 g/mol. The Morgan fingerprint density at radius 1 is 0.667 bits per heavy atom. The average Bonchev–Trinajstić information content (AvgIpc) is 2.56. The fraction of sp³-hybridized carbons (Fsp3) is 0. The van der Waals surface area contributed by atoms with E-state index in [-0.39, 0.29) is 29.1 Å². The second-order valence-corrected chi connectivity index (χ2v) is 3.15. The summed E-state index contributed by atoms with van der Waals surface area (Å²) in [4.78, 5) is 4.52. The summed E-state index contributed by atoms with van der Waals surface area (Å²) in [5, 5.41) is 2.50. The Bertz CT molecular complexity index is 518. The average molecular weight is 229 g/mol. The number of aromatic nitrogens is 1. The maximum Gasteiger partial charge on any atom is 2.00 e. The van der Waals surface area contributed by atoms with Gasteiger partial charge in [-0.15, -0.1) is 11.0 Å². The van der Waals surface area contributed by atoms with Gasteiger partial charge in [0.25, 0.3) is 0 Å². The van der Waals surface area contributed by atoms with E-state index in [0.717, 1.165) is 11.0 Å². The standard InChI is InChI=1S/C12H8N.CH3.Ti/c1-3-7-11-9(5-1)10-6-2-4-8-12(10)13-11;;/h1-8H;1H3;/q2*-1;+2. The molecule has 1 aromatic heterocycles. The molecule has 0 N–H and O–H groups in total. The fourth-order valence-electron chi connectivity index (χ4n) is 1.73. The largest absolute Gasteiger partial charge is 2.00 e. The molecule has 2 heteroatoms. The van der Waals surface area contributed by atoms with Crippen LogP contribution in [-0.4, -0.2) is 0 Å². The Morgan fingerprint density at radius 2 is 1.07 bits per heavy atom. The van der Waals surface area contributed by atoms with Crippen LogP contribution >= 0.6 is 0 Å². The predicted octanol–water partition coefficient (Wildman–Crippen LogP) is 3.40. The second-order valence-electron chi connectivity index (χ2n) is 3.15. The molecule has 0 aliphatic rings. The first kappa shape index (κ1) is 12.0. The van der Waals surface area contributed by atoms with Crippen LogP contribution in [0.2, 0.25) is 0 Å². The quantitative estimate of drug-likeness (QED) is 0.425. The smallest absolute Gasteiger partial charge is 0.657 e. The summed E-state index contributed by atoms with van der Waals surface area (Å²) in [5.74, 6) is 0. The van der Waals surface area contributed by atoms with Crippen LogP contribution in [0.5, 0.6) is 0 Å². The van der Waals surface area contributed by atoms with Gasteiger partial charge in [-0.05, 0) is 10.8 Å². The van der Waals surface area contributed by atoms with E-state index >= 15 is 0 Å². The Kier molecular flexibility index (Phi) is 3.73. The van der Waals surface area contributed by atoms with Gasteiger partial charge in [0, 0.05) is 0 Å². The molecule has 0 radical (unpaired) electrons. The molecule has 0 saturated heterocycles. The van der Waals surface area contributed by atoms with Gasteiger partial charge in [0.1, 0.15) is 0 Å². The van der Waals surface area contributed by atoms with Gasteiger partial charge in [0.2, 0.25) is 0 Å². The SMILES string of the molecule is [CH3-].[Ti+2].c1ccc2c(c1)[n-]c1ccccc12. The molecule has 0 unspecified atom stereocenters. The molecular weight excluding hydrogens is 218 g/mol. The van der Waals surface area contributed by atoms with Crippen molar-refractivity contribution in [3.63, 3.8) is 0 Å². The zero-order valence-corrected chi connectivity index (χ0v) is 10.1. The van der Waals surface area contributed by atoms with Gasteiger partial charge in [-0.1, -0.05) is 48.5 Å². The molecule has 15 heavy (non-hydrogen) atoms. The first-order chi connectivity index (χ1) is 6.45. The van der Waals surface area contributed by atoms with Crippen molar-refractivity contribution in [3.8, 4) is 0 Å². The molecule has 72 valence electrons. The van der Waals surface area contributed by atoms with Crippen molar-refractivity contribution in [2.75, 3.05) is 0 Å². The second kappa shape index (κ2) is 4.65. The van der Waals surface area contributed by atoms with Crippen LogP contribution in [0.15, 0.2) is 48.5 Å². The number of rotatable bonds is 0. The van der Waals surface area contributed by atoms with Crippen molar-refractivity contribution in [3.05, 3.63) is 56.0 Å². The minimum atomic E-state index is 0. The van der Waals surface area contributed by atoms with Crippen molar-refractivity contribution < 1.29 is 21.7 Å². The summed E-state index contributed by atoms with van der Waals surface area (Å²) in [6, 6.07) is 16.5. The predicted molar refractivity (Wildman–Crippen MR) is 61.2 cm³/mol. The van der Waals surface area contributed by atoms with E-state index in [2.05, 4.69) is 41.4 Å². The summed E-state index contributed by atoms with van der Waals surface area (Å²) < 4.78 is 0. The fourth-order valence-corrected chi connectivity index (χ4v) is 1.73. The molecule has 3 rings (SSSR count). The van der Waals surface area contributed by atoms with Crippen LogP contribution in [0.1, 0.15) is 0 Å². The molecule has 0 spiro atoms. The first-order valence-corrected chi connectivity index (χ1v) is 4.35. The van der Waals surface area contributed by atoms with E-state index in [1.807, 2.05) is 12.1 Å². The van der Waals surface area contributed by atoms with E-state index < -0.39 is 0 Å².